The zero-order chi connectivity index (χ0) is 12.9. The Balaban J connectivity index is -0.000000318. The van der Waals surface area contributed by atoms with Crippen LogP contribution in [-0.4, -0.2) is 42.7 Å². The average Bonchev–Trinajstić information content (AvgIpc) is 2.30. The van der Waals surface area contributed by atoms with Crippen molar-refractivity contribution < 1.29 is 9.59 Å². The molecular weight excluding hydrogens is 210 g/mol. The van der Waals surface area contributed by atoms with E-state index in [1.165, 1.54) is 16.7 Å². The van der Waals surface area contributed by atoms with Crippen molar-refractivity contribution in [3.8, 4) is 0 Å². The van der Waals surface area contributed by atoms with Crippen LogP contribution < -0.4 is 0 Å². The minimum Gasteiger partial charge on any atom is -0.348 e. The number of hydrogen-bond donors (Lipinski definition) is 0. The van der Waals surface area contributed by atoms with E-state index in [1.807, 2.05) is 34.0 Å². The molecule has 15 heavy (non-hydrogen) atoms. The number of aldehydes is 1. The first-order chi connectivity index (χ1) is 7.13. The van der Waals surface area contributed by atoms with Gasteiger partial charge in [0.25, 0.3) is 0 Å². The zero-order valence-corrected chi connectivity index (χ0v) is 11.9. The van der Waals surface area contributed by atoms with Crippen molar-refractivity contribution in [1.29, 1.82) is 0 Å². The number of hydrogen-bond acceptors (Lipinski definition) is 3. The van der Waals surface area contributed by atoms with Crippen LogP contribution in [0.3, 0.4) is 0 Å². The smallest absolute Gasteiger partial charge is 0.235 e. The van der Waals surface area contributed by atoms with Crippen LogP contribution in [0.2, 0.25) is 0 Å². The highest BCUT2D eigenvalue weighted by Crippen LogP contribution is 2.11. The van der Waals surface area contributed by atoms with Gasteiger partial charge in [-0.25, -0.2) is 0 Å². The van der Waals surface area contributed by atoms with Gasteiger partial charge in [0.1, 0.15) is 6.29 Å². The first-order valence-electron chi connectivity index (χ1n) is 5.31. The molecule has 0 saturated heterocycles. The first kappa shape index (κ1) is 20.0. The van der Waals surface area contributed by atoms with Crippen molar-refractivity contribution in [2.75, 3.05) is 20.4 Å². The summed E-state index contributed by atoms with van der Waals surface area (Å²) in [5.74, 6) is 0.00426. The van der Waals surface area contributed by atoms with Crippen LogP contribution in [0.25, 0.3) is 0 Å². The Hall–Kier alpha value is -0.510. The monoisotopic (exact) mass is 235 g/mol. The predicted octanol–water partition coefficient (Wildman–Crippen LogP) is 2.45. The second-order valence-corrected chi connectivity index (χ2v) is 3.40. The van der Waals surface area contributed by atoms with E-state index < -0.39 is 0 Å². The van der Waals surface area contributed by atoms with Gasteiger partial charge in [0.2, 0.25) is 5.91 Å². The Kier molecular flexibility index (Phi) is 21.2. The molecule has 0 rings (SSSR count). The van der Waals surface area contributed by atoms with Crippen molar-refractivity contribution in [3.63, 3.8) is 0 Å². The Labute approximate surface area is 98.6 Å². The fourth-order valence-corrected chi connectivity index (χ4v) is 1.36. The van der Waals surface area contributed by atoms with Gasteiger partial charge >= 0.3 is 0 Å². The van der Waals surface area contributed by atoms with Crippen molar-refractivity contribution in [1.82, 2.24) is 4.90 Å². The molecule has 0 aliphatic carbocycles. The van der Waals surface area contributed by atoms with Gasteiger partial charge in [-0.3, -0.25) is 4.79 Å². The summed E-state index contributed by atoms with van der Waals surface area (Å²) in [5, 5.41) is -0.206. The molecule has 0 spiro atoms. The van der Waals surface area contributed by atoms with Crippen LogP contribution in [0.5, 0.6) is 0 Å². The summed E-state index contributed by atoms with van der Waals surface area (Å²) in [5.41, 5.74) is 0. The third kappa shape index (κ3) is 11.4. The Morgan fingerprint density at radius 2 is 1.67 bits per heavy atom. The number of carbonyl (C=O) groups excluding carboxylic acids is 2. The van der Waals surface area contributed by atoms with Gasteiger partial charge in [0.05, 0.1) is 5.25 Å². The van der Waals surface area contributed by atoms with Crippen LogP contribution in [0.1, 0.15) is 34.1 Å². The van der Waals surface area contributed by atoms with Crippen molar-refractivity contribution in [2.24, 2.45) is 0 Å². The largest absolute Gasteiger partial charge is 0.348 e. The predicted molar refractivity (Wildman–Crippen MR) is 69.4 cm³/mol. The van der Waals surface area contributed by atoms with Gasteiger partial charge in [-0.15, -0.1) is 0 Å². The highest BCUT2D eigenvalue weighted by Gasteiger charge is 2.17. The fraction of sp³-hybridized carbons (Fsp3) is 0.818. The van der Waals surface area contributed by atoms with Crippen molar-refractivity contribution in [3.05, 3.63) is 0 Å². The summed E-state index contributed by atoms with van der Waals surface area (Å²) in [7, 11) is 3.38. The molecule has 0 aromatic carbocycles. The number of amides is 1. The average molecular weight is 235 g/mol. The molecule has 0 aromatic heterocycles. The third-order valence-electron chi connectivity index (χ3n) is 1.31. The molecule has 92 valence electrons. The molecular formula is C11H25NO2S. The van der Waals surface area contributed by atoms with E-state index in [0.717, 1.165) is 6.29 Å². The molecule has 0 bridgehead atoms. The molecule has 4 heteroatoms. The molecule has 0 N–H and O–H groups in total. The molecule has 0 aliphatic heterocycles. The zero-order valence-electron chi connectivity index (χ0n) is 11.0. The van der Waals surface area contributed by atoms with E-state index >= 15 is 0 Å². The quantitative estimate of drug-likeness (QED) is 0.702. The molecule has 1 unspecified atom stereocenters. The number of rotatable bonds is 4. The van der Waals surface area contributed by atoms with Crippen LogP contribution >= 0.6 is 11.8 Å². The van der Waals surface area contributed by atoms with E-state index in [0.29, 0.717) is 6.42 Å². The summed E-state index contributed by atoms with van der Waals surface area (Å²) in [6.07, 6.45) is 2.91. The topological polar surface area (TPSA) is 37.4 Å². The molecule has 1 amide bonds. The van der Waals surface area contributed by atoms with Crippen LogP contribution in [-0.2, 0) is 9.59 Å². The highest BCUT2D eigenvalue weighted by atomic mass is 32.2. The lowest BCUT2D eigenvalue weighted by molar-refractivity contribution is -0.129. The lowest BCUT2D eigenvalue weighted by Crippen LogP contribution is -2.31. The minimum absolute atomic E-state index is 0.00426. The second-order valence-electron chi connectivity index (χ2n) is 2.36. The summed E-state index contributed by atoms with van der Waals surface area (Å²) in [6, 6.07) is 0. The molecule has 3 nitrogen and oxygen atoms in total. The maximum absolute atomic E-state index is 11.2. The molecule has 0 heterocycles. The van der Waals surface area contributed by atoms with Gasteiger partial charge in [-0.05, 0) is 6.26 Å². The summed E-state index contributed by atoms with van der Waals surface area (Å²) < 4.78 is 0. The maximum Gasteiger partial charge on any atom is 0.235 e. The number of nitrogens with zero attached hydrogens (tertiary/aromatic N) is 1. The number of thioether (sulfide) groups is 1. The molecule has 0 fully saturated rings. The lowest BCUT2D eigenvalue weighted by atomic mass is 10.3. The standard InChI is InChI=1S/C7H13NO2S.2C2H6/c1-8(2)7(10)6(11-3)4-5-9;2*1-2/h5-6H,4H2,1-3H3;2*1-2H3. The number of carbonyl (C=O) groups is 2. The third-order valence-corrected chi connectivity index (χ3v) is 2.27. The Morgan fingerprint density at radius 1 is 1.27 bits per heavy atom. The van der Waals surface area contributed by atoms with Crippen molar-refractivity contribution in [2.45, 2.75) is 39.4 Å². The van der Waals surface area contributed by atoms with Gasteiger partial charge < -0.3 is 9.69 Å². The van der Waals surface area contributed by atoms with Crippen LogP contribution in [0.15, 0.2) is 0 Å². The van der Waals surface area contributed by atoms with E-state index in [-0.39, 0.29) is 11.2 Å². The fourth-order valence-electron chi connectivity index (χ4n) is 0.673. The van der Waals surface area contributed by atoms with E-state index in [9.17, 15) is 9.59 Å². The Bertz CT molecular complexity index is 150. The summed E-state index contributed by atoms with van der Waals surface area (Å²) in [6.45, 7) is 8.00. The van der Waals surface area contributed by atoms with E-state index in [4.69, 9.17) is 0 Å². The van der Waals surface area contributed by atoms with Crippen LogP contribution in [0, 0.1) is 0 Å². The molecule has 0 aromatic rings. The van der Waals surface area contributed by atoms with E-state index in [2.05, 4.69) is 0 Å². The molecule has 0 aliphatic rings. The maximum atomic E-state index is 11.2. The minimum atomic E-state index is -0.206. The molecule has 1 atom stereocenters. The Morgan fingerprint density at radius 3 is 1.87 bits per heavy atom. The normalized spacial score (nSPS) is 9.80. The van der Waals surface area contributed by atoms with Gasteiger partial charge in [0.15, 0.2) is 0 Å². The highest BCUT2D eigenvalue weighted by molar-refractivity contribution is 7.99. The second kappa shape index (κ2) is 15.9. The van der Waals surface area contributed by atoms with Crippen molar-refractivity contribution >= 4 is 24.0 Å². The van der Waals surface area contributed by atoms with Gasteiger partial charge in [-0.2, -0.15) is 11.8 Å². The van der Waals surface area contributed by atoms with Gasteiger partial charge in [0, 0.05) is 20.5 Å². The molecule has 0 radical (unpaired) electrons. The SMILES string of the molecule is CC.CC.CSC(CC=O)C(=O)N(C)C. The van der Waals surface area contributed by atoms with Gasteiger partial charge in [-0.1, -0.05) is 27.7 Å². The first-order valence-corrected chi connectivity index (χ1v) is 6.59. The summed E-state index contributed by atoms with van der Waals surface area (Å²) in [4.78, 5) is 22.8. The lowest BCUT2D eigenvalue weighted by Gasteiger charge is -2.16. The van der Waals surface area contributed by atoms with Crippen LogP contribution in [0.4, 0.5) is 0 Å². The molecule has 0 saturated carbocycles. The summed E-state index contributed by atoms with van der Waals surface area (Å²) >= 11 is 1.41. The van der Waals surface area contributed by atoms with E-state index in [1.54, 1.807) is 14.1 Å².